The molecule has 0 spiro atoms. The van der Waals surface area contributed by atoms with Gasteiger partial charge in [-0.15, -0.1) is 0 Å². The predicted molar refractivity (Wildman–Crippen MR) is 112 cm³/mol. The van der Waals surface area contributed by atoms with Crippen LogP contribution >= 0.6 is 0 Å². The molecular formula is C22H18F3N5O3. The lowest BCUT2D eigenvalue weighted by atomic mass is 9.82. The third kappa shape index (κ3) is 3.41. The number of amides is 1. The van der Waals surface area contributed by atoms with E-state index in [0.717, 1.165) is 15.5 Å². The first-order valence-corrected chi connectivity index (χ1v) is 9.75. The summed E-state index contributed by atoms with van der Waals surface area (Å²) in [5.41, 5.74) is 3.67. The number of hydrogen-bond donors (Lipinski definition) is 2. The molecule has 2 aromatic heterocycles. The molecule has 0 saturated carbocycles. The van der Waals surface area contributed by atoms with Crippen molar-refractivity contribution in [2.75, 3.05) is 13.7 Å². The second-order valence-electron chi connectivity index (χ2n) is 7.38. The highest BCUT2D eigenvalue weighted by Gasteiger charge is 2.50. The smallest absolute Gasteiger partial charge is 0.352 e. The van der Waals surface area contributed by atoms with E-state index in [9.17, 15) is 27.9 Å². The van der Waals surface area contributed by atoms with Crippen molar-refractivity contribution < 1.29 is 27.9 Å². The van der Waals surface area contributed by atoms with Crippen LogP contribution in [-0.2, 0) is 16.9 Å². The van der Waals surface area contributed by atoms with Gasteiger partial charge in [0.1, 0.15) is 18.2 Å². The second-order valence-corrected chi connectivity index (χ2v) is 7.38. The molecule has 1 unspecified atom stereocenters. The average molecular weight is 457 g/mol. The Morgan fingerprint density at radius 3 is 2.55 bits per heavy atom. The third-order valence-electron chi connectivity index (χ3n) is 5.53. The lowest BCUT2D eigenvalue weighted by Gasteiger charge is -2.25. The fourth-order valence-electron chi connectivity index (χ4n) is 3.89. The molecule has 1 aliphatic heterocycles. The summed E-state index contributed by atoms with van der Waals surface area (Å²) in [6.45, 7) is -1.11. The van der Waals surface area contributed by atoms with E-state index in [1.807, 2.05) is 0 Å². The topological polar surface area (TPSA) is 114 Å². The third-order valence-corrected chi connectivity index (χ3v) is 5.53. The van der Waals surface area contributed by atoms with Gasteiger partial charge < -0.3 is 15.4 Å². The standard InChI is InChI=1S/C22H18F3N5O3/c1-29-20(33)22(28-21(29)26,13-10-17(19(31)32)30(11-13)8-6-23)12-4-5-16(24)15(9-12)14-3-2-7-27-18(14)25/h2-5,7,9-11H,6,8H2,1H3,(H2,26,28)(H,31,32). The van der Waals surface area contributed by atoms with Gasteiger partial charge in [-0.05, 0) is 35.9 Å². The molecule has 0 radical (unpaired) electrons. The van der Waals surface area contributed by atoms with Crippen molar-refractivity contribution in [3.63, 3.8) is 0 Å². The van der Waals surface area contributed by atoms with Crippen LogP contribution in [-0.4, -0.2) is 51.1 Å². The van der Waals surface area contributed by atoms with Gasteiger partial charge in [-0.1, -0.05) is 6.07 Å². The number of nitrogens with two attached hydrogens (primary N) is 1. The number of alkyl halides is 1. The number of carboxylic acid groups (broad SMARTS) is 1. The number of pyridine rings is 1. The summed E-state index contributed by atoms with van der Waals surface area (Å²) < 4.78 is 43.2. The summed E-state index contributed by atoms with van der Waals surface area (Å²) >= 11 is 0. The van der Waals surface area contributed by atoms with Crippen LogP contribution in [0, 0.1) is 11.8 Å². The summed E-state index contributed by atoms with van der Waals surface area (Å²) in [7, 11) is 1.38. The van der Waals surface area contributed by atoms with E-state index in [1.54, 1.807) is 0 Å². The monoisotopic (exact) mass is 457 g/mol. The lowest BCUT2D eigenvalue weighted by Crippen LogP contribution is -2.41. The summed E-state index contributed by atoms with van der Waals surface area (Å²) in [5, 5.41) is 9.54. The number of aliphatic imine (C=N–C) groups is 1. The molecule has 3 N–H and O–H groups in total. The number of halogens is 3. The van der Waals surface area contributed by atoms with Crippen molar-refractivity contribution in [3.8, 4) is 11.1 Å². The normalized spacial score (nSPS) is 18.0. The molecule has 170 valence electrons. The summed E-state index contributed by atoms with van der Waals surface area (Å²) in [4.78, 5) is 34.0. The zero-order valence-corrected chi connectivity index (χ0v) is 17.3. The zero-order valence-electron chi connectivity index (χ0n) is 17.3. The van der Waals surface area contributed by atoms with Crippen LogP contribution in [0.3, 0.4) is 0 Å². The SMILES string of the molecule is CN1C(=O)C(c2ccc(F)c(-c3cccnc3F)c2)(c2cc(C(=O)O)n(CCF)c2)N=C1N. The van der Waals surface area contributed by atoms with Crippen molar-refractivity contribution in [3.05, 3.63) is 77.4 Å². The minimum atomic E-state index is -1.88. The van der Waals surface area contributed by atoms with Crippen LogP contribution in [0.4, 0.5) is 13.2 Å². The van der Waals surface area contributed by atoms with Gasteiger partial charge in [-0.25, -0.2) is 23.6 Å². The Morgan fingerprint density at radius 1 is 1.18 bits per heavy atom. The maximum absolute atomic E-state index is 14.7. The minimum Gasteiger partial charge on any atom is -0.477 e. The van der Waals surface area contributed by atoms with E-state index < -0.39 is 35.9 Å². The van der Waals surface area contributed by atoms with Gasteiger partial charge in [0, 0.05) is 36.1 Å². The number of aromatic carboxylic acids is 1. The highest BCUT2D eigenvalue weighted by atomic mass is 19.1. The molecule has 1 aliphatic rings. The number of hydrogen-bond acceptors (Lipinski definition) is 5. The van der Waals surface area contributed by atoms with Crippen LogP contribution in [0.2, 0.25) is 0 Å². The Bertz CT molecular complexity index is 1310. The average Bonchev–Trinajstić information content (AvgIpc) is 3.31. The summed E-state index contributed by atoms with van der Waals surface area (Å²) in [6, 6.07) is 7.54. The van der Waals surface area contributed by atoms with Crippen LogP contribution in [0.15, 0.2) is 53.8 Å². The number of likely N-dealkylation sites (N-methyl/N-ethyl adjacent to an activating group) is 1. The fraction of sp³-hybridized carbons (Fsp3) is 0.182. The van der Waals surface area contributed by atoms with Crippen molar-refractivity contribution in [1.82, 2.24) is 14.5 Å². The van der Waals surface area contributed by atoms with Crippen LogP contribution in [0.5, 0.6) is 0 Å². The fourth-order valence-corrected chi connectivity index (χ4v) is 3.89. The van der Waals surface area contributed by atoms with E-state index in [2.05, 4.69) is 9.98 Å². The number of aromatic nitrogens is 2. The molecule has 11 heteroatoms. The quantitative estimate of drug-likeness (QED) is 0.553. The van der Waals surface area contributed by atoms with Crippen molar-refractivity contribution >= 4 is 17.8 Å². The Labute approximate surface area is 185 Å². The van der Waals surface area contributed by atoms with Crippen LogP contribution in [0.25, 0.3) is 11.1 Å². The van der Waals surface area contributed by atoms with Gasteiger partial charge in [-0.2, -0.15) is 4.39 Å². The summed E-state index contributed by atoms with van der Waals surface area (Å²) in [6.07, 6.45) is 2.51. The maximum Gasteiger partial charge on any atom is 0.352 e. The first-order chi connectivity index (χ1) is 15.7. The van der Waals surface area contributed by atoms with Gasteiger partial charge in [0.25, 0.3) is 5.91 Å². The van der Waals surface area contributed by atoms with E-state index in [4.69, 9.17) is 5.73 Å². The van der Waals surface area contributed by atoms with E-state index in [0.29, 0.717) is 0 Å². The van der Waals surface area contributed by atoms with Gasteiger partial charge >= 0.3 is 5.97 Å². The first-order valence-electron chi connectivity index (χ1n) is 9.75. The largest absolute Gasteiger partial charge is 0.477 e. The van der Waals surface area contributed by atoms with E-state index in [1.165, 1.54) is 49.8 Å². The molecule has 33 heavy (non-hydrogen) atoms. The van der Waals surface area contributed by atoms with Crippen molar-refractivity contribution in [2.24, 2.45) is 10.7 Å². The minimum absolute atomic E-state index is 0.0925. The molecule has 0 saturated heterocycles. The number of benzene rings is 1. The molecule has 0 bridgehead atoms. The molecule has 1 atom stereocenters. The number of carboxylic acids is 1. The molecule has 0 aliphatic carbocycles. The Balaban J connectivity index is 2.00. The Morgan fingerprint density at radius 2 is 1.94 bits per heavy atom. The number of carbonyl (C=O) groups excluding carboxylic acids is 1. The van der Waals surface area contributed by atoms with Crippen molar-refractivity contribution in [1.29, 1.82) is 0 Å². The predicted octanol–water partition coefficient (Wildman–Crippen LogP) is 2.53. The molecule has 1 aromatic carbocycles. The summed E-state index contributed by atoms with van der Waals surface area (Å²) in [5.74, 6) is -3.81. The Kier molecular flexibility index (Phi) is 5.40. The number of aryl methyl sites for hydroxylation is 1. The van der Waals surface area contributed by atoms with Crippen molar-refractivity contribution in [2.45, 2.75) is 12.1 Å². The molecule has 1 amide bonds. The number of nitrogens with zero attached hydrogens (tertiary/aromatic N) is 4. The molecule has 3 aromatic rings. The molecule has 0 fully saturated rings. The number of carbonyl (C=O) groups is 2. The first kappa shape index (κ1) is 22.1. The second kappa shape index (κ2) is 8.08. The molecular weight excluding hydrogens is 439 g/mol. The van der Waals surface area contributed by atoms with E-state index >= 15 is 0 Å². The van der Waals surface area contributed by atoms with E-state index in [-0.39, 0.29) is 40.5 Å². The highest BCUT2D eigenvalue weighted by molar-refractivity contribution is 6.09. The molecule has 3 heterocycles. The van der Waals surface area contributed by atoms with Gasteiger partial charge in [0.2, 0.25) is 5.95 Å². The van der Waals surface area contributed by atoms with Crippen LogP contribution < -0.4 is 5.73 Å². The number of rotatable bonds is 6. The van der Waals surface area contributed by atoms with Gasteiger partial charge in [0.15, 0.2) is 11.5 Å². The number of guanidine groups is 1. The maximum atomic E-state index is 14.7. The van der Waals surface area contributed by atoms with Gasteiger partial charge in [0.05, 0.1) is 6.54 Å². The van der Waals surface area contributed by atoms with Gasteiger partial charge in [-0.3, -0.25) is 9.69 Å². The Hall–Kier alpha value is -4.15. The lowest BCUT2D eigenvalue weighted by molar-refractivity contribution is -0.129. The zero-order chi connectivity index (χ0) is 23.9. The molecule has 4 rings (SSSR count). The highest BCUT2D eigenvalue weighted by Crippen LogP contribution is 2.42. The molecule has 8 nitrogen and oxygen atoms in total. The van der Waals surface area contributed by atoms with Crippen LogP contribution in [0.1, 0.15) is 21.6 Å².